The molecule has 0 aromatic heterocycles. The van der Waals surface area contributed by atoms with Crippen molar-refractivity contribution in [2.75, 3.05) is 20.1 Å². The molecule has 0 bridgehead atoms. The highest BCUT2D eigenvalue weighted by atomic mass is 16.4. The fourth-order valence-electron chi connectivity index (χ4n) is 3.13. The summed E-state index contributed by atoms with van der Waals surface area (Å²) in [5.41, 5.74) is 0.788. The zero-order valence-electron chi connectivity index (χ0n) is 12.8. The summed E-state index contributed by atoms with van der Waals surface area (Å²) in [6, 6.07) is 4.39. The molecule has 1 saturated heterocycles. The van der Waals surface area contributed by atoms with Crippen molar-refractivity contribution >= 4 is 23.7 Å². The number of hydrogen-bond acceptors (Lipinski definition) is 4. The Morgan fingerprint density at radius 1 is 1.13 bits per heavy atom. The molecule has 2 aliphatic rings. The van der Waals surface area contributed by atoms with Crippen molar-refractivity contribution < 1.29 is 24.3 Å². The highest BCUT2D eigenvalue weighted by Gasteiger charge is 2.38. The van der Waals surface area contributed by atoms with Crippen molar-refractivity contribution in [3.63, 3.8) is 0 Å². The van der Waals surface area contributed by atoms with E-state index in [-0.39, 0.29) is 35.4 Å². The van der Waals surface area contributed by atoms with Crippen molar-refractivity contribution in [1.29, 1.82) is 0 Å². The van der Waals surface area contributed by atoms with Gasteiger partial charge in [-0.2, -0.15) is 0 Å². The van der Waals surface area contributed by atoms with Crippen LogP contribution in [0.25, 0.3) is 0 Å². The number of hydrogen-bond donors (Lipinski definition) is 1. The van der Waals surface area contributed by atoms with E-state index in [4.69, 9.17) is 5.11 Å². The second kappa shape index (κ2) is 5.19. The Hall–Kier alpha value is -2.70. The van der Waals surface area contributed by atoms with Gasteiger partial charge in [-0.25, -0.2) is 0 Å². The number of nitrogens with zero attached hydrogens (tertiary/aromatic N) is 2. The molecule has 7 heteroatoms. The topological polar surface area (TPSA) is 95.0 Å². The Bertz CT molecular complexity index is 742. The quantitative estimate of drug-likeness (QED) is 0.811. The molecular weight excluding hydrogens is 300 g/mol. The first-order valence-electron chi connectivity index (χ1n) is 7.29. The summed E-state index contributed by atoms with van der Waals surface area (Å²) < 4.78 is 0. The number of benzene rings is 1. The minimum atomic E-state index is -0.913. The van der Waals surface area contributed by atoms with E-state index in [1.807, 2.05) is 0 Å². The lowest BCUT2D eigenvalue weighted by Gasteiger charge is -2.16. The van der Waals surface area contributed by atoms with Gasteiger partial charge in [-0.3, -0.25) is 24.1 Å². The zero-order chi connectivity index (χ0) is 16.9. The second-order valence-electron chi connectivity index (χ2n) is 6.06. The van der Waals surface area contributed by atoms with E-state index in [0.717, 1.165) is 4.90 Å². The molecule has 2 aliphatic heterocycles. The number of imide groups is 1. The molecule has 0 spiro atoms. The van der Waals surface area contributed by atoms with Gasteiger partial charge in [-0.05, 0) is 24.1 Å². The summed E-state index contributed by atoms with van der Waals surface area (Å²) in [6.07, 6.45) is 0. The average Bonchev–Trinajstić information content (AvgIpc) is 3.01. The number of amides is 3. The van der Waals surface area contributed by atoms with E-state index in [9.17, 15) is 19.2 Å². The second-order valence-corrected chi connectivity index (χ2v) is 6.06. The molecule has 0 aliphatic carbocycles. The van der Waals surface area contributed by atoms with Crippen LogP contribution >= 0.6 is 0 Å². The zero-order valence-corrected chi connectivity index (χ0v) is 12.8. The highest BCUT2D eigenvalue weighted by molar-refractivity contribution is 6.21. The van der Waals surface area contributed by atoms with Crippen LogP contribution in [0, 0.1) is 11.8 Å². The predicted molar refractivity (Wildman–Crippen MR) is 79.1 cm³/mol. The number of carboxylic acid groups (broad SMARTS) is 1. The van der Waals surface area contributed by atoms with Gasteiger partial charge in [-0.1, -0.05) is 6.92 Å². The van der Waals surface area contributed by atoms with Gasteiger partial charge < -0.3 is 10.0 Å². The molecule has 1 fully saturated rings. The average molecular weight is 316 g/mol. The Kier molecular flexibility index (Phi) is 3.43. The van der Waals surface area contributed by atoms with E-state index in [1.54, 1.807) is 6.92 Å². The van der Waals surface area contributed by atoms with Gasteiger partial charge in [-0.15, -0.1) is 0 Å². The Morgan fingerprint density at radius 3 is 2.39 bits per heavy atom. The maximum atomic E-state index is 12.6. The minimum absolute atomic E-state index is 0.125. The molecule has 23 heavy (non-hydrogen) atoms. The van der Waals surface area contributed by atoms with E-state index in [1.165, 1.54) is 30.1 Å². The van der Waals surface area contributed by atoms with Gasteiger partial charge >= 0.3 is 5.97 Å². The highest BCUT2D eigenvalue weighted by Crippen LogP contribution is 2.27. The Labute approximate surface area is 132 Å². The fraction of sp³-hybridized carbons (Fsp3) is 0.375. The molecule has 7 nitrogen and oxygen atoms in total. The minimum Gasteiger partial charge on any atom is -0.481 e. The van der Waals surface area contributed by atoms with Crippen LogP contribution in [-0.4, -0.2) is 58.7 Å². The first-order chi connectivity index (χ1) is 10.8. The lowest BCUT2D eigenvalue weighted by Crippen LogP contribution is -2.30. The third-order valence-corrected chi connectivity index (χ3v) is 4.55. The van der Waals surface area contributed by atoms with Crippen LogP contribution in [0.5, 0.6) is 0 Å². The molecule has 0 saturated carbocycles. The van der Waals surface area contributed by atoms with Crippen molar-refractivity contribution in [2.24, 2.45) is 11.8 Å². The third-order valence-electron chi connectivity index (χ3n) is 4.55. The molecule has 0 radical (unpaired) electrons. The van der Waals surface area contributed by atoms with Gasteiger partial charge in [0, 0.05) is 25.7 Å². The van der Waals surface area contributed by atoms with Crippen LogP contribution in [0.3, 0.4) is 0 Å². The smallest absolute Gasteiger partial charge is 0.308 e. The van der Waals surface area contributed by atoms with Crippen LogP contribution < -0.4 is 0 Å². The molecule has 3 amide bonds. The van der Waals surface area contributed by atoms with Gasteiger partial charge in [0.2, 0.25) is 0 Å². The van der Waals surface area contributed by atoms with Crippen molar-refractivity contribution in [2.45, 2.75) is 6.92 Å². The van der Waals surface area contributed by atoms with E-state index >= 15 is 0 Å². The molecule has 1 aromatic carbocycles. The number of rotatable bonds is 2. The summed E-state index contributed by atoms with van der Waals surface area (Å²) in [7, 11) is 1.39. The molecule has 2 heterocycles. The molecule has 1 N–H and O–H groups in total. The number of fused-ring (bicyclic) bond motifs is 1. The first kappa shape index (κ1) is 15.2. The summed E-state index contributed by atoms with van der Waals surface area (Å²) in [5, 5.41) is 9.15. The maximum absolute atomic E-state index is 12.6. The molecule has 1 aromatic rings. The van der Waals surface area contributed by atoms with Crippen molar-refractivity contribution in [1.82, 2.24) is 9.80 Å². The van der Waals surface area contributed by atoms with Crippen LogP contribution in [0.1, 0.15) is 38.0 Å². The summed E-state index contributed by atoms with van der Waals surface area (Å²) in [4.78, 5) is 50.1. The Balaban J connectivity index is 1.87. The number of likely N-dealkylation sites (tertiary alicyclic amines) is 1. The van der Waals surface area contributed by atoms with Gasteiger partial charge in [0.15, 0.2) is 0 Å². The molecular formula is C16H16N2O5. The van der Waals surface area contributed by atoms with Gasteiger partial charge in [0.05, 0.1) is 17.0 Å². The molecule has 2 atom stereocenters. The van der Waals surface area contributed by atoms with Crippen LogP contribution in [-0.2, 0) is 4.79 Å². The fourth-order valence-corrected chi connectivity index (χ4v) is 3.13. The first-order valence-corrected chi connectivity index (χ1v) is 7.29. The summed E-state index contributed by atoms with van der Waals surface area (Å²) in [5.74, 6) is -2.76. The van der Waals surface area contributed by atoms with Crippen LogP contribution in [0.15, 0.2) is 18.2 Å². The molecule has 0 unspecified atom stereocenters. The lowest BCUT2D eigenvalue weighted by atomic mass is 9.99. The third kappa shape index (κ3) is 2.28. The standard InChI is InChI=1S/C16H16N2O5/c1-8-6-18(7-12(8)16(22)23)13(19)9-3-4-10-11(5-9)15(21)17(2)14(10)20/h3-5,8,12H,6-7H2,1-2H3,(H,22,23)/t8-,12-/m1/s1. The maximum Gasteiger partial charge on any atom is 0.308 e. The molecule has 120 valence electrons. The van der Waals surface area contributed by atoms with Gasteiger partial charge in [0.25, 0.3) is 17.7 Å². The largest absolute Gasteiger partial charge is 0.481 e. The van der Waals surface area contributed by atoms with E-state index in [2.05, 4.69) is 0 Å². The lowest BCUT2D eigenvalue weighted by molar-refractivity contribution is -0.142. The van der Waals surface area contributed by atoms with Gasteiger partial charge in [0.1, 0.15) is 0 Å². The summed E-state index contributed by atoms with van der Waals surface area (Å²) >= 11 is 0. The van der Waals surface area contributed by atoms with Crippen molar-refractivity contribution in [3.8, 4) is 0 Å². The molecule has 3 rings (SSSR count). The van der Waals surface area contributed by atoms with E-state index < -0.39 is 17.8 Å². The van der Waals surface area contributed by atoms with Crippen molar-refractivity contribution in [3.05, 3.63) is 34.9 Å². The number of carboxylic acids is 1. The number of carbonyl (C=O) groups excluding carboxylic acids is 3. The monoisotopic (exact) mass is 316 g/mol. The Morgan fingerprint density at radius 2 is 1.78 bits per heavy atom. The van der Waals surface area contributed by atoms with E-state index in [0.29, 0.717) is 12.1 Å². The SMILES string of the molecule is C[C@@H]1CN(C(=O)c2ccc3c(c2)C(=O)N(C)C3=O)C[C@H]1C(=O)O. The normalized spacial score (nSPS) is 23.4. The number of aliphatic carboxylic acids is 1. The number of carbonyl (C=O) groups is 4. The summed E-state index contributed by atoms with van der Waals surface area (Å²) in [6.45, 7) is 2.31. The predicted octanol–water partition coefficient (Wildman–Crippen LogP) is 0.705. The van der Waals surface area contributed by atoms with Crippen LogP contribution in [0.2, 0.25) is 0 Å². The van der Waals surface area contributed by atoms with Crippen LogP contribution in [0.4, 0.5) is 0 Å².